The average molecular weight is 448 g/mol. The summed E-state index contributed by atoms with van der Waals surface area (Å²) in [5.41, 5.74) is 12.3. The Morgan fingerprint density at radius 3 is 2.26 bits per heavy atom. The average Bonchev–Trinajstić information content (AvgIpc) is 3.30. The lowest BCUT2D eigenvalue weighted by Gasteiger charge is -2.38. The zero-order valence-corrected chi connectivity index (χ0v) is 19.0. The standard InChI is InChI=1S/C28H25N5O/c1-34-24-11-6-5-10-22(24)26-31-27-30-25(20-12-14-21(15-13-20)28(29)16-7-17-28)23(18-33(27)32-26)19-8-3-2-4-9-19/h2-6,8-15,18H,7,16-17,29H2,1H3. The molecule has 2 aromatic heterocycles. The third kappa shape index (κ3) is 3.43. The van der Waals surface area contributed by atoms with E-state index in [1.807, 2.05) is 48.7 Å². The van der Waals surface area contributed by atoms with Crippen molar-refractivity contribution in [2.75, 3.05) is 7.11 Å². The van der Waals surface area contributed by atoms with Crippen LogP contribution in [0, 0.1) is 0 Å². The molecule has 3 aromatic carbocycles. The molecule has 2 heterocycles. The number of aromatic nitrogens is 4. The van der Waals surface area contributed by atoms with Crippen LogP contribution < -0.4 is 10.5 Å². The Hall–Kier alpha value is -4.03. The van der Waals surface area contributed by atoms with Crippen molar-refractivity contribution >= 4 is 5.78 Å². The minimum Gasteiger partial charge on any atom is -0.496 e. The molecule has 1 aliphatic carbocycles. The molecule has 0 unspecified atom stereocenters. The second-order valence-electron chi connectivity index (χ2n) is 8.84. The smallest absolute Gasteiger partial charge is 0.253 e. The van der Waals surface area contributed by atoms with E-state index < -0.39 is 0 Å². The van der Waals surface area contributed by atoms with Crippen LogP contribution in [0.3, 0.4) is 0 Å². The van der Waals surface area contributed by atoms with Gasteiger partial charge in [0.25, 0.3) is 5.78 Å². The highest BCUT2D eigenvalue weighted by Gasteiger charge is 2.34. The first kappa shape index (κ1) is 20.6. The maximum Gasteiger partial charge on any atom is 0.253 e. The molecular formula is C28H25N5O. The van der Waals surface area contributed by atoms with Crippen LogP contribution in [-0.4, -0.2) is 26.7 Å². The molecule has 0 spiro atoms. The monoisotopic (exact) mass is 447 g/mol. The second-order valence-corrected chi connectivity index (χ2v) is 8.84. The molecule has 5 aromatic rings. The van der Waals surface area contributed by atoms with Crippen molar-refractivity contribution in [3.63, 3.8) is 0 Å². The number of para-hydroxylation sites is 1. The van der Waals surface area contributed by atoms with Gasteiger partial charge >= 0.3 is 0 Å². The molecule has 1 fully saturated rings. The fraction of sp³-hybridized carbons (Fsp3) is 0.179. The number of fused-ring (bicyclic) bond motifs is 1. The van der Waals surface area contributed by atoms with Gasteiger partial charge in [-0.05, 0) is 42.5 Å². The number of benzene rings is 3. The van der Waals surface area contributed by atoms with E-state index in [1.54, 1.807) is 11.6 Å². The lowest BCUT2D eigenvalue weighted by atomic mass is 9.72. The summed E-state index contributed by atoms with van der Waals surface area (Å²) in [5.74, 6) is 1.84. The second kappa shape index (κ2) is 8.08. The van der Waals surface area contributed by atoms with Crippen LogP contribution in [0.25, 0.3) is 39.5 Å². The van der Waals surface area contributed by atoms with Crippen LogP contribution in [0.15, 0.2) is 85.1 Å². The molecule has 2 N–H and O–H groups in total. The normalized spacial score (nSPS) is 14.6. The van der Waals surface area contributed by atoms with E-state index in [9.17, 15) is 0 Å². The van der Waals surface area contributed by atoms with Gasteiger partial charge in [-0.1, -0.05) is 66.7 Å². The van der Waals surface area contributed by atoms with Crippen LogP contribution in [-0.2, 0) is 5.54 Å². The highest BCUT2D eigenvalue weighted by atomic mass is 16.5. The van der Waals surface area contributed by atoms with E-state index >= 15 is 0 Å². The minimum absolute atomic E-state index is 0.186. The van der Waals surface area contributed by atoms with Gasteiger partial charge in [-0.15, -0.1) is 5.10 Å². The van der Waals surface area contributed by atoms with Gasteiger partial charge in [0.1, 0.15) is 5.75 Å². The summed E-state index contributed by atoms with van der Waals surface area (Å²) >= 11 is 0. The number of rotatable bonds is 5. The third-order valence-corrected chi connectivity index (χ3v) is 6.74. The van der Waals surface area contributed by atoms with E-state index in [2.05, 4.69) is 36.4 Å². The fourth-order valence-electron chi connectivity index (χ4n) is 4.62. The number of nitrogens with two attached hydrogens (primary N) is 1. The van der Waals surface area contributed by atoms with Gasteiger partial charge in [-0.3, -0.25) is 0 Å². The van der Waals surface area contributed by atoms with E-state index in [0.29, 0.717) is 11.6 Å². The van der Waals surface area contributed by atoms with E-state index in [4.69, 9.17) is 25.5 Å². The van der Waals surface area contributed by atoms with Crippen LogP contribution in [0.1, 0.15) is 24.8 Å². The Morgan fingerprint density at radius 2 is 1.56 bits per heavy atom. The van der Waals surface area contributed by atoms with E-state index in [1.165, 1.54) is 12.0 Å². The Morgan fingerprint density at radius 1 is 0.824 bits per heavy atom. The highest BCUT2D eigenvalue weighted by Crippen LogP contribution is 2.40. The van der Waals surface area contributed by atoms with Crippen molar-refractivity contribution in [1.29, 1.82) is 0 Å². The van der Waals surface area contributed by atoms with Gasteiger partial charge in [0.15, 0.2) is 5.82 Å². The van der Waals surface area contributed by atoms with Crippen molar-refractivity contribution < 1.29 is 4.74 Å². The molecule has 0 saturated heterocycles. The first-order valence-electron chi connectivity index (χ1n) is 11.5. The van der Waals surface area contributed by atoms with E-state index in [-0.39, 0.29) is 5.54 Å². The SMILES string of the molecule is COc1ccccc1-c1nc2nc(-c3ccc(C4(N)CCC4)cc3)c(-c3ccccc3)cn2n1. The van der Waals surface area contributed by atoms with Crippen molar-refractivity contribution in [3.8, 4) is 39.5 Å². The lowest BCUT2D eigenvalue weighted by molar-refractivity contribution is 0.253. The lowest BCUT2D eigenvalue weighted by Crippen LogP contribution is -2.43. The summed E-state index contributed by atoms with van der Waals surface area (Å²) in [6.07, 6.45) is 5.27. The number of methoxy groups -OCH3 is 1. The maximum absolute atomic E-state index is 6.54. The Bertz CT molecular complexity index is 1470. The summed E-state index contributed by atoms with van der Waals surface area (Å²) in [5, 5.41) is 4.72. The van der Waals surface area contributed by atoms with Gasteiger partial charge in [0.2, 0.25) is 0 Å². The van der Waals surface area contributed by atoms with Gasteiger partial charge in [0, 0.05) is 22.9 Å². The topological polar surface area (TPSA) is 78.3 Å². The maximum atomic E-state index is 6.54. The van der Waals surface area contributed by atoms with Crippen LogP contribution in [0.4, 0.5) is 0 Å². The van der Waals surface area contributed by atoms with Crippen LogP contribution in [0.2, 0.25) is 0 Å². The fourth-order valence-corrected chi connectivity index (χ4v) is 4.62. The highest BCUT2D eigenvalue weighted by molar-refractivity contribution is 5.81. The first-order valence-corrected chi connectivity index (χ1v) is 11.5. The summed E-state index contributed by atoms with van der Waals surface area (Å²) in [6.45, 7) is 0. The minimum atomic E-state index is -0.186. The summed E-state index contributed by atoms with van der Waals surface area (Å²) in [7, 11) is 1.65. The van der Waals surface area contributed by atoms with Crippen LogP contribution in [0.5, 0.6) is 5.75 Å². The van der Waals surface area contributed by atoms with Crippen molar-refractivity contribution in [2.24, 2.45) is 5.73 Å². The Balaban J connectivity index is 1.51. The summed E-state index contributed by atoms with van der Waals surface area (Å²) in [4.78, 5) is 9.70. The molecular weight excluding hydrogens is 422 g/mol. The molecule has 1 saturated carbocycles. The summed E-state index contributed by atoms with van der Waals surface area (Å²) in [6, 6.07) is 26.5. The number of nitrogens with zero attached hydrogens (tertiary/aromatic N) is 4. The zero-order valence-electron chi connectivity index (χ0n) is 19.0. The van der Waals surface area contributed by atoms with Gasteiger partial charge in [-0.25, -0.2) is 9.50 Å². The Labute approximate surface area is 198 Å². The predicted octanol–water partition coefficient (Wildman–Crippen LogP) is 5.47. The molecule has 1 aliphatic rings. The van der Waals surface area contributed by atoms with Gasteiger partial charge in [-0.2, -0.15) is 4.98 Å². The number of hydrogen-bond acceptors (Lipinski definition) is 5. The van der Waals surface area contributed by atoms with E-state index in [0.717, 1.165) is 46.5 Å². The summed E-state index contributed by atoms with van der Waals surface area (Å²) < 4.78 is 7.26. The van der Waals surface area contributed by atoms with Crippen molar-refractivity contribution in [2.45, 2.75) is 24.8 Å². The Kier molecular flexibility index (Phi) is 4.89. The van der Waals surface area contributed by atoms with Gasteiger partial charge < -0.3 is 10.5 Å². The van der Waals surface area contributed by atoms with Crippen LogP contribution >= 0.6 is 0 Å². The third-order valence-electron chi connectivity index (χ3n) is 6.74. The quantitative estimate of drug-likeness (QED) is 0.386. The van der Waals surface area contributed by atoms with Crippen molar-refractivity contribution in [1.82, 2.24) is 19.6 Å². The molecule has 0 atom stereocenters. The molecule has 6 rings (SSSR count). The zero-order chi connectivity index (χ0) is 23.1. The molecule has 0 aliphatic heterocycles. The molecule has 6 nitrogen and oxygen atoms in total. The molecule has 6 heteroatoms. The van der Waals surface area contributed by atoms with Crippen molar-refractivity contribution in [3.05, 3.63) is 90.6 Å². The molecule has 0 bridgehead atoms. The predicted molar refractivity (Wildman–Crippen MR) is 133 cm³/mol. The molecule has 168 valence electrons. The molecule has 0 radical (unpaired) electrons. The number of hydrogen-bond donors (Lipinski definition) is 1. The number of ether oxygens (including phenoxy) is 1. The van der Waals surface area contributed by atoms with Gasteiger partial charge in [0.05, 0.1) is 18.4 Å². The largest absolute Gasteiger partial charge is 0.496 e. The molecule has 34 heavy (non-hydrogen) atoms. The molecule has 0 amide bonds. The first-order chi connectivity index (χ1) is 16.6.